The number of ether oxygens (including phenoxy) is 1. The van der Waals surface area contributed by atoms with Gasteiger partial charge in [-0.15, -0.1) is 0 Å². The SMILES string of the molecule is C=C1C[C@]23C[C@@]1(O)CC[C@H]2C1=C[C@@H](OC)[C@H](O)[C@@](C)(C(C)=O)[C@H]1[C@@H]3C(=O)NCc1cccc(Cl)c1. The molecule has 0 aliphatic heterocycles. The van der Waals surface area contributed by atoms with Crippen LogP contribution in [0.4, 0.5) is 0 Å². The van der Waals surface area contributed by atoms with Gasteiger partial charge in [0.1, 0.15) is 11.9 Å². The topological polar surface area (TPSA) is 95.9 Å². The molecule has 4 aliphatic carbocycles. The third-order valence-electron chi connectivity index (χ3n) is 9.67. The molecule has 3 N–H and O–H groups in total. The Morgan fingerprint density at radius 3 is 2.74 bits per heavy atom. The lowest BCUT2D eigenvalue weighted by atomic mass is 9.58. The molecule has 0 radical (unpaired) electrons. The molecule has 7 heteroatoms. The van der Waals surface area contributed by atoms with Crippen LogP contribution in [0.25, 0.3) is 0 Å². The second-order valence-electron chi connectivity index (χ2n) is 11.3. The Labute approximate surface area is 211 Å². The second-order valence-corrected chi connectivity index (χ2v) is 11.7. The van der Waals surface area contributed by atoms with E-state index in [1.807, 2.05) is 24.3 Å². The van der Waals surface area contributed by atoms with Gasteiger partial charge in [-0.25, -0.2) is 0 Å². The molecule has 1 aromatic rings. The van der Waals surface area contributed by atoms with Gasteiger partial charge in [0.15, 0.2) is 0 Å². The van der Waals surface area contributed by atoms with Gasteiger partial charge in [0.2, 0.25) is 5.91 Å². The molecule has 1 aromatic carbocycles. The average Bonchev–Trinajstić information content (AvgIpc) is 3.19. The van der Waals surface area contributed by atoms with Gasteiger partial charge in [-0.1, -0.05) is 42.0 Å². The second kappa shape index (κ2) is 8.27. The minimum Gasteiger partial charge on any atom is -0.389 e. The molecule has 188 valence electrons. The number of nitrogens with one attached hydrogen (secondary N) is 1. The van der Waals surface area contributed by atoms with E-state index < -0.39 is 40.5 Å². The van der Waals surface area contributed by atoms with E-state index in [4.69, 9.17) is 16.3 Å². The van der Waals surface area contributed by atoms with E-state index in [1.54, 1.807) is 13.0 Å². The minimum atomic E-state index is -1.20. The number of aliphatic hydroxyl groups is 2. The molecule has 4 aliphatic rings. The van der Waals surface area contributed by atoms with Gasteiger partial charge in [-0.2, -0.15) is 0 Å². The summed E-state index contributed by atoms with van der Waals surface area (Å²) in [5.41, 5.74) is -0.0985. The first-order valence-electron chi connectivity index (χ1n) is 12.3. The molecule has 1 spiro atoms. The Kier molecular flexibility index (Phi) is 5.83. The van der Waals surface area contributed by atoms with Crippen LogP contribution in [0.3, 0.4) is 0 Å². The lowest BCUT2D eigenvalue weighted by molar-refractivity contribution is -0.152. The predicted octanol–water partition coefficient (Wildman–Crippen LogP) is 3.59. The van der Waals surface area contributed by atoms with Crippen molar-refractivity contribution in [3.8, 4) is 0 Å². The van der Waals surface area contributed by atoms with Crippen LogP contribution >= 0.6 is 11.6 Å². The monoisotopic (exact) mass is 499 g/mol. The van der Waals surface area contributed by atoms with Crippen LogP contribution in [0.2, 0.25) is 5.02 Å². The van der Waals surface area contributed by atoms with Crippen LogP contribution in [-0.2, 0) is 20.9 Å². The molecule has 5 rings (SSSR count). The van der Waals surface area contributed by atoms with Crippen LogP contribution in [-0.4, -0.2) is 46.8 Å². The first kappa shape index (κ1) is 24.7. The number of fused-ring (bicyclic) bond motifs is 3. The smallest absolute Gasteiger partial charge is 0.224 e. The fourth-order valence-corrected chi connectivity index (χ4v) is 8.07. The van der Waals surface area contributed by atoms with Crippen molar-refractivity contribution in [1.82, 2.24) is 5.32 Å². The normalized spacial score (nSPS) is 41.7. The van der Waals surface area contributed by atoms with Crippen molar-refractivity contribution in [2.75, 3.05) is 7.11 Å². The number of rotatable bonds is 5. The highest BCUT2D eigenvalue weighted by Gasteiger charge is 2.73. The van der Waals surface area contributed by atoms with Gasteiger partial charge < -0.3 is 20.3 Å². The fraction of sp³-hybridized carbons (Fsp3) is 0.571. The molecule has 35 heavy (non-hydrogen) atoms. The first-order valence-corrected chi connectivity index (χ1v) is 12.7. The highest BCUT2D eigenvalue weighted by atomic mass is 35.5. The zero-order valence-electron chi connectivity index (χ0n) is 20.5. The number of hydrogen-bond acceptors (Lipinski definition) is 5. The summed E-state index contributed by atoms with van der Waals surface area (Å²) < 4.78 is 5.61. The quantitative estimate of drug-likeness (QED) is 0.538. The number of carbonyl (C=O) groups excluding carboxylic acids is 2. The van der Waals surface area contributed by atoms with Crippen molar-refractivity contribution in [1.29, 1.82) is 0 Å². The van der Waals surface area contributed by atoms with Gasteiger partial charge in [0, 0.05) is 24.6 Å². The Bertz CT molecular complexity index is 1130. The lowest BCUT2D eigenvalue weighted by Crippen LogP contribution is -2.57. The molecule has 3 saturated carbocycles. The van der Waals surface area contributed by atoms with Gasteiger partial charge >= 0.3 is 0 Å². The van der Waals surface area contributed by atoms with Gasteiger partial charge in [0.05, 0.1) is 23.0 Å². The molecule has 2 bridgehead atoms. The van der Waals surface area contributed by atoms with E-state index in [0.29, 0.717) is 37.3 Å². The van der Waals surface area contributed by atoms with Crippen LogP contribution in [0.5, 0.6) is 0 Å². The highest BCUT2D eigenvalue weighted by molar-refractivity contribution is 6.30. The van der Waals surface area contributed by atoms with E-state index in [0.717, 1.165) is 16.7 Å². The summed E-state index contributed by atoms with van der Waals surface area (Å²) in [5, 5.41) is 26.4. The summed E-state index contributed by atoms with van der Waals surface area (Å²) in [6.45, 7) is 7.76. The summed E-state index contributed by atoms with van der Waals surface area (Å²) in [7, 11) is 1.53. The summed E-state index contributed by atoms with van der Waals surface area (Å²) in [6.07, 6.45) is 2.48. The Morgan fingerprint density at radius 2 is 2.09 bits per heavy atom. The van der Waals surface area contributed by atoms with E-state index in [9.17, 15) is 19.8 Å². The first-order chi connectivity index (χ1) is 16.5. The standard InChI is InChI=1S/C28H34ClNO5/c1-15-12-27-14-28(15,34)9-8-20(27)19-11-21(35-4)24(32)26(3,16(2)31)22(19)23(27)25(33)30-13-17-6-5-7-18(29)10-17/h5-7,10-11,20-24,32,34H,1,8-9,12-14H2,2-4H3,(H,30,33)/t20-,21+,22+,23+,24-,26-,27-,28-/m0/s1. The van der Waals surface area contributed by atoms with Crippen molar-refractivity contribution < 1.29 is 24.5 Å². The summed E-state index contributed by atoms with van der Waals surface area (Å²) in [6, 6.07) is 7.34. The zero-order valence-corrected chi connectivity index (χ0v) is 21.3. The maximum absolute atomic E-state index is 14.1. The number of methoxy groups -OCH3 is 1. The number of hydrogen-bond donors (Lipinski definition) is 3. The molecule has 0 unspecified atom stereocenters. The Hall–Kier alpha value is -1.99. The summed E-state index contributed by atoms with van der Waals surface area (Å²) in [5.74, 6) is -1.41. The molecule has 3 fully saturated rings. The maximum atomic E-state index is 14.1. The van der Waals surface area contributed by atoms with Crippen molar-refractivity contribution in [2.24, 2.45) is 28.6 Å². The summed E-state index contributed by atoms with van der Waals surface area (Å²) >= 11 is 6.13. The Balaban J connectivity index is 1.61. The van der Waals surface area contributed by atoms with Crippen molar-refractivity contribution >= 4 is 23.3 Å². The summed E-state index contributed by atoms with van der Waals surface area (Å²) in [4.78, 5) is 27.3. The van der Waals surface area contributed by atoms with E-state index in [1.165, 1.54) is 14.0 Å². The van der Waals surface area contributed by atoms with Gasteiger partial charge in [0.25, 0.3) is 0 Å². The molecule has 8 atom stereocenters. The fourth-order valence-electron chi connectivity index (χ4n) is 7.85. The largest absolute Gasteiger partial charge is 0.389 e. The number of Topliss-reactive ketones (excluding diaryl/α,β-unsaturated/α-hetero) is 1. The van der Waals surface area contributed by atoms with Crippen LogP contribution in [0.1, 0.15) is 45.1 Å². The highest BCUT2D eigenvalue weighted by Crippen LogP contribution is 2.73. The lowest BCUT2D eigenvalue weighted by Gasteiger charge is -2.47. The predicted molar refractivity (Wildman–Crippen MR) is 132 cm³/mol. The third-order valence-corrected chi connectivity index (χ3v) is 9.91. The maximum Gasteiger partial charge on any atom is 0.224 e. The molecule has 0 saturated heterocycles. The molecular weight excluding hydrogens is 466 g/mol. The zero-order chi connectivity index (χ0) is 25.3. The number of halogens is 1. The number of amides is 1. The van der Waals surface area contributed by atoms with Crippen molar-refractivity contribution in [2.45, 2.75) is 63.9 Å². The number of aliphatic hydroxyl groups excluding tert-OH is 1. The van der Waals surface area contributed by atoms with E-state index in [-0.39, 0.29) is 17.6 Å². The number of ketones is 1. The molecule has 6 nitrogen and oxygen atoms in total. The number of carbonyl (C=O) groups is 2. The third kappa shape index (κ3) is 3.41. The van der Waals surface area contributed by atoms with E-state index in [2.05, 4.69) is 11.9 Å². The van der Waals surface area contributed by atoms with Crippen LogP contribution in [0, 0.1) is 28.6 Å². The van der Waals surface area contributed by atoms with Gasteiger partial charge in [-0.05, 0) is 74.1 Å². The molecule has 1 amide bonds. The van der Waals surface area contributed by atoms with Crippen molar-refractivity contribution in [3.05, 3.63) is 58.7 Å². The molecule has 0 heterocycles. The average molecular weight is 500 g/mol. The minimum absolute atomic E-state index is 0.0118. The van der Waals surface area contributed by atoms with Crippen LogP contribution in [0.15, 0.2) is 48.1 Å². The number of benzene rings is 1. The van der Waals surface area contributed by atoms with Crippen LogP contribution < -0.4 is 5.32 Å². The van der Waals surface area contributed by atoms with Gasteiger partial charge in [-0.3, -0.25) is 9.59 Å². The van der Waals surface area contributed by atoms with Crippen molar-refractivity contribution in [3.63, 3.8) is 0 Å². The number of allylic oxidation sites excluding steroid dienone is 1. The molecule has 0 aromatic heterocycles. The van der Waals surface area contributed by atoms with E-state index >= 15 is 0 Å². The molecular formula is C28H34ClNO5. The Morgan fingerprint density at radius 1 is 1.34 bits per heavy atom.